The number of para-hydroxylation sites is 1. The number of hydrogen-bond donors (Lipinski definition) is 2. The molecule has 0 aliphatic carbocycles. The molecule has 0 aromatic heterocycles. The molecule has 1 aliphatic heterocycles. The van der Waals surface area contributed by atoms with Crippen LogP contribution in [0.1, 0.15) is 33.3 Å². The van der Waals surface area contributed by atoms with Gasteiger partial charge in [0.2, 0.25) is 0 Å². The number of aryl methyl sites for hydroxylation is 1. The summed E-state index contributed by atoms with van der Waals surface area (Å²) in [6.07, 6.45) is 0.388. The van der Waals surface area contributed by atoms with Gasteiger partial charge in [0.25, 0.3) is 0 Å². The average Bonchev–Trinajstić information content (AvgIpc) is 2.60. The van der Waals surface area contributed by atoms with Gasteiger partial charge < -0.3 is 25.0 Å². The Hall–Kier alpha value is -2.28. The molecule has 3 amide bonds. The molecule has 1 aromatic carbocycles. The minimum Gasteiger partial charge on any atom is -0.444 e. The first kappa shape index (κ1) is 20.0. The fraction of sp³-hybridized carbons (Fsp3) is 0.579. The molecule has 1 unspecified atom stereocenters. The quantitative estimate of drug-likeness (QED) is 0.865. The topological polar surface area (TPSA) is 82.1 Å². The third-order valence-corrected chi connectivity index (χ3v) is 4.25. The predicted octanol–water partition coefficient (Wildman–Crippen LogP) is 2.69. The lowest BCUT2D eigenvalue weighted by atomic mass is 10.1. The minimum atomic E-state index is -0.579. The van der Waals surface area contributed by atoms with Gasteiger partial charge >= 0.3 is 12.1 Å². The van der Waals surface area contributed by atoms with E-state index in [1.165, 1.54) is 4.90 Å². The summed E-state index contributed by atoms with van der Waals surface area (Å²) in [6.45, 7) is 8.19. The second-order valence-corrected chi connectivity index (χ2v) is 7.40. The molecule has 7 heteroatoms. The molecule has 0 radical (unpaired) electrons. The summed E-state index contributed by atoms with van der Waals surface area (Å²) >= 11 is 0. The van der Waals surface area contributed by atoms with Crippen LogP contribution in [0.3, 0.4) is 0 Å². The number of ether oxygens (including phenoxy) is 1. The Bertz CT molecular complexity index is 642. The van der Waals surface area contributed by atoms with Crippen molar-refractivity contribution in [3.63, 3.8) is 0 Å². The fourth-order valence-corrected chi connectivity index (χ4v) is 2.91. The van der Waals surface area contributed by atoms with E-state index in [1.807, 2.05) is 52.0 Å². The molecule has 1 aliphatic rings. The minimum absolute atomic E-state index is 0.220. The number of aliphatic hydroxyl groups excluding tert-OH is 1. The Kier molecular flexibility index (Phi) is 6.47. The summed E-state index contributed by atoms with van der Waals surface area (Å²) in [7, 11) is 0. The molecule has 1 fully saturated rings. The molecule has 7 nitrogen and oxygen atoms in total. The first-order chi connectivity index (χ1) is 12.2. The number of hydrogen-bond acceptors (Lipinski definition) is 4. The van der Waals surface area contributed by atoms with Crippen LogP contribution < -0.4 is 5.32 Å². The first-order valence-corrected chi connectivity index (χ1v) is 8.99. The van der Waals surface area contributed by atoms with Crippen molar-refractivity contribution in [2.45, 2.75) is 45.8 Å². The van der Waals surface area contributed by atoms with Gasteiger partial charge in [0.05, 0.1) is 12.6 Å². The molecule has 1 saturated heterocycles. The molecule has 2 rings (SSSR count). The maximum atomic E-state index is 12.7. The van der Waals surface area contributed by atoms with E-state index in [9.17, 15) is 14.7 Å². The van der Waals surface area contributed by atoms with Gasteiger partial charge in [-0.05, 0) is 38.8 Å². The van der Waals surface area contributed by atoms with Crippen LogP contribution >= 0.6 is 0 Å². The zero-order chi connectivity index (χ0) is 19.3. The molecule has 0 bridgehead atoms. The van der Waals surface area contributed by atoms with Crippen molar-refractivity contribution in [3.8, 4) is 0 Å². The second-order valence-electron chi connectivity index (χ2n) is 7.40. The molecule has 26 heavy (non-hydrogen) atoms. The van der Waals surface area contributed by atoms with Gasteiger partial charge in [0, 0.05) is 25.3 Å². The number of amides is 3. The molecule has 1 heterocycles. The van der Waals surface area contributed by atoms with Crippen LogP contribution in [0.25, 0.3) is 0 Å². The summed E-state index contributed by atoms with van der Waals surface area (Å²) in [4.78, 5) is 28.0. The van der Waals surface area contributed by atoms with Crippen LogP contribution in [0.2, 0.25) is 0 Å². The predicted molar refractivity (Wildman–Crippen MR) is 100 cm³/mol. The van der Waals surface area contributed by atoms with Crippen molar-refractivity contribution in [3.05, 3.63) is 29.8 Å². The van der Waals surface area contributed by atoms with E-state index in [-0.39, 0.29) is 19.2 Å². The number of carbonyl (C=O) groups excluding carboxylic acids is 2. The Morgan fingerprint density at radius 1 is 1.27 bits per heavy atom. The molecule has 0 saturated carbocycles. The average molecular weight is 363 g/mol. The van der Waals surface area contributed by atoms with Gasteiger partial charge in [-0.25, -0.2) is 9.59 Å². The molecule has 0 spiro atoms. The van der Waals surface area contributed by atoms with Crippen molar-refractivity contribution in [2.75, 3.05) is 31.6 Å². The highest BCUT2D eigenvalue weighted by Crippen LogP contribution is 2.19. The van der Waals surface area contributed by atoms with Crippen LogP contribution in [0.4, 0.5) is 15.3 Å². The summed E-state index contributed by atoms with van der Waals surface area (Å²) < 4.78 is 5.38. The zero-order valence-electron chi connectivity index (χ0n) is 16.0. The number of benzene rings is 1. The van der Waals surface area contributed by atoms with E-state index >= 15 is 0 Å². The fourth-order valence-electron chi connectivity index (χ4n) is 2.91. The Morgan fingerprint density at radius 3 is 2.58 bits per heavy atom. The lowest BCUT2D eigenvalue weighted by Gasteiger charge is -2.40. The Labute approximate surface area is 154 Å². The lowest BCUT2D eigenvalue weighted by molar-refractivity contribution is 0.00416. The van der Waals surface area contributed by atoms with Gasteiger partial charge in [0.1, 0.15) is 5.60 Å². The highest BCUT2D eigenvalue weighted by atomic mass is 16.6. The molecular weight excluding hydrogens is 334 g/mol. The highest BCUT2D eigenvalue weighted by Gasteiger charge is 2.34. The van der Waals surface area contributed by atoms with E-state index in [0.29, 0.717) is 13.1 Å². The van der Waals surface area contributed by atoms with Gasteiger partial charge in [0.15, 0.2) is 0 Å². The third-order valence-electron chi connectivity index (χ3n) is 4.25. The van der Waals surface area contributed by atoms with Crippen LogP contribution in [0.5, 0.6) is 0 Å². The SMILES string of the molecule is CCc1ccccc1NC(=O)N1CCN(C(=O)OC(C)(C)C)CC1CO. The van der Waals surface area contributed by atoms with E-state index in [0.717, 1.165) is 17.7 Å². The number of aliphatic hydroxyl groups is 1. The molecule has 1 aromatic rings. The number of nitrogens with one attached hydrogen (secondary N) is 1. The third kappa shape index (κ3) is 5.11. The standard InChI is InChI=1S/C19H29N3O4/c1-5-14-8-6-7-9-16(14)20-17(24)22-11-10-21(12-15(22)13-23)18(25)26-19(2,3)4/h6-9,15,23H,5,10-13H2,1-4H3,(H,20,24). The van der Waals surface area contributed by atoms with Crippen LogP contribution in [-0.4, -0.2) is 64.9 Å². The van der Waals surface area contributed by atoms with Gasteiger partial charge in [-0.3, -0.25) is 0 Å². The molecule has 144 valence electrons. The van der Waals surface area contributed by atoms with Crippen molar-refractivity contribution in [1.82, 2.24) is 9.80 Å². The number of urea groups is 1. The number of carbonyl (C=O) groups is 2. The van der Waals surface area contributed by atoms with Crippen molar-refractivity contribution >= 4 is 17.8 Å². The zero-order valence-corrected chi connectivity index (χ0v) is 16.0. The Balaban J connectivity index is 2.02. The van der Waals surface area contributed by atoms with Crippen molar-refractivity contribution < 1.29 is 19.4 Å². The summed E-state index contributed by atoms with van der Waals surface area (Å²) in [5.41, 5.74) is 1.24. The summed E-state index contributed by atoms with van der Waals surface area (Å²) in [6, 6.07) is 6.91. The maximum Gasteiger partial charge on any atom is 0.410 e. The van der Waals surface area contributed by atoms with Crippen LogP contribution in [0.15, 0.2) is 24.3 Å². The lowest BCUT2D eigenvalue weighted by Crippen LogP contribution is -2.59. The second kappa shape index (κ2) is 8.40. The van der Waals surface area contributed by atoms with E-state index in [1.54, 1.807) is 4.90 Å². The van der Waals surface area contributed by atoms with Crippen LogP contribution in [-0.2, 0) is 11.2 Å². The van der Waals surface area contributed by atoms with E-state index < -0.39 is 17.7 Å². The van der Waals surface area contributed by atoms with Crippen LogP contribution in [0, 0.1) is 0 Å². The monoisotopic (exact) mass is 363 g/mol. The first-order valence-electron chi connectivity index (χ1n) is 8.99. The molecule has 2 N–H and O–H groups in total. The smallest absolute Gasteiger partial charge is 0.410 e. The normalized spacial score (nSPS) is 17.8. The summed E-state index contributed by atoms with van der Waals surface area (Å²) in [5, 5.41) is 12.6. The number of nitrogens with zero attached hydrogens (tertiary/aromatic N) is 2. The van der Waals surface area contributed by atoms with E-state index in [2.05, 4.69) is 5.32 Å². The van der Waals surface area contributed by atoms with Gasteiger partial charge in [-0.15, -0.1) is 0 Å². The molecular formula is C19H29N3O4. The number of anilines is 1. The van der Waals surface area contributed by atoms with Gasteiger partial charge in [-0.1, -0.05) is 25.1 Å². The highest BCUT2D eigenvalue weighted by molar-refractivity contribution is 5.90. The maximum absolute atomic E-state index is 12.7. The largest absolute Gasteiger partial charge is 0.444 e. The Morgan fingerprint density at radius 2 is 1.96 bits per heavy atom. The summed E-state index contributed by atoms with van der Waals surface area (Å²) in [5.74, 6) is 0. The number of piperazine rings is 1. The number of rotatable bonds is 3. The molecule has 1 atom stereocenters. The van der Waals surface area contributed by atoms with Crippen molar-refractivity contribution in [2.24, 2.45) is 0 Å². The van der Waals surface area contributed by atoms with Crippen molar-refractivity contribution in [1.29, 1.82) is 0 Å². The van der Waals surface area contributed by atoms with E-state index in [4.69, 9.17) is 4.74 Å². The van der Waals surface area contributed by atoms with Gasteiger partial charge in [-0.2, -0.15) is 0 Å².